The fourth-order valence-corrected chi connectivity index (χ4v) is 5.00. The van der Waals surface area contributed by atoms with Crippen molar-refractivity contribution >= 4 is 36.6 Å². The van der Waals surface area contributed by atoms with Crippen LogP contribution in [0.5, 0.6) is 5.75 Å². The van der Waals surface area contributed by atoms with Crippen LogP contribution in [-0.4, -0.2) is 55.0 Å². The summed E-state index contributed by atoms with van der Waals surface area (Å²) in [5.74, 6) is 0.803. The van der Waals surface area contributed by atoms with Crippen LogP contribution in [0.3, 0.4) is 0 Å². The van der Waals surface area contributed by atoms with Crippen molar-refractivity contribution in [1.82, 2.24) is 15.5 Å². The van der Waals surface area contributed by atoms with Crippen molar-refractivity contribution in [1.29, 1.82) is 0 Å². The number of carbonyl (C=O) groups is 2. The van der Waals surface area contributed by atoms with Gasteiger partial charge in [0.2, 0.25) is 5.91 Å². The Morgan fingerprint density at radius 3 is 2.50 bits per heavy atom. The Hall–Kier alpha value is -2.32. The Bertz CT molecular complexity index is 945. The Labute approximate surface area is 213 Å². The Balaban J connectivity index is 0.00000204. The molecular formula is C25H34Cl2N4O3. The summed E-state index contributed by atoms with van der Waals surface area (Å²) in [6.07, 6.45) is 1.52. The molecule has 4 N–H and O–H groups in total. The first kappa shape index (κ1) is 27.9. The van der Waals surface area contributed by atoms with Gasteiger partial charge < -0.3 is 26.0 Å². The third-order valence-electron chi connectivity index (χ3n) is 6.58. The molecule has 0 bridgehead atoms. The number of piperidine rings is 1. The van der Waals surface area contributed by atoms with E-state index >= 15 is 0 Å². The quantitative estimate of drug-likeness (QED) is 0.499. The van der Waals surface area contributed by atoms with E-state index in [4.69, 9.17) is 10.5 Å². The third-order valence-corrected chi connectivity index (χ3v) is 6.58. The highest BCUT2D eigenvalue weighted by atomic mass is 35.5. The van der Waals surface area contributed by atoms with Crippen LogP contribution in [-0.2, 0) is 4.79 Å². The second-order valence-corrected chi connectivity index (χ2v) is 8.73. The van der Waals surface area contributed by atoms with E-state index in [0.717, 1.165) is 18.6 Å². The number of hydrogen-bond acceptors (Lipinski definition) is 5. The van der Waals surface area contributed by atoms with Crippen LogP contribution in [0, 0.1) is 5.92 Å². The maximum Gasteiger partial charge on any atom is 0.253 e. The molecule has 2 aromatic carbocycles. The molecule has 9 heteroatoms. The molecular weight excluding hydrogens is 475 g/mol. The van der Waals surface area contributed by atoms with Crippen LogP contribution in [0.4, 0.5) is 0 Å². The number of fused-ring (bicyclic) bond motifs is 1. The number of halogens is 2. The van der Waals surface area contributed by atoms with E-state index in [0.29, 0.717) is 38.3 Å². The standard InChI is InChI=1S/C25H32N4O3.2ClH/c1-18(30)28-25-12-14-29(16-22(25)23(27-17-25)19-6-3-2-4-7-19)24(31)20-8-10-21(11-9-20)32-15-5-13-26;;/h2-4,6-11,22-23,27H,5,12-17,26H2,1H3,(H,28,30);2*1H/t22-,23-,25-;;/m1../s1. The van der Waals surface area contributed by atoms with Crippen LogP contribution >= 0.6 is 24.8 Å². The monoisotopic (exact) mass is 508 g/mol. The van der Waals surface area contributed by atoms with Gasteiger partial charge in [-0.1, -0.05) is 30.3 Å². The molecule has 4 rings (SSSR count). The minimum Gasteiger partial charge on any atom is -0.494 e. The van der Waals surface area contributed by atoms with Gasteiger partial charge in [-0.2, -0.15) is 0 Å². The number of nitrogens with one attached hydrogen (secondary N) is 2. The van der Waals surface area contributed by atoms with Gasteiger partial charge in [0.05, 0.1) is 12.1 Å². The minimum absolute atomic E-state index is 0. The highest BCUT2D eigenvalue weighted by Gasteiger charge is 2.52. The molecule has 0 aliphatic carbocycles. The maximum atomic E-state index is 13.3. The summed E-state index contributed by atoms with van der Waals surface area (Å²) < 4.78 is 5.64. The van der Waals surface area contributed by atoms with Crippen molar-refractivity contribution in [2.45, 2.75) is 31.3 Å². The van der Waals surface area contributed by atoms with Gasteiger partial charge in [-0.25, -0.2) is 0 Å². The smallest absolute Gasteiger partial charge is 0.253 e. The fraction of sp³-hybridized carbons (Fsp3) is 0.440. The number of rotatable bonds is 7. The predicted octanol–water partition coefficient (Wildman–Crippen LogP) is 2.94. The average molecular weight is 509 g/mol. The number of ether oxygens (including phenoxy) is 1. The molecule has 186 valence electrons. The molecule has 2 aliphatic heterocycles. The van der Waals surface area contributed by atoms with Crippen molar-refractivity contribution in [3.8, 4) is 5.75 Å². The van der Waals surface area contributed by atoms with Crippen LogP contribution in [0.1, 0.15) is 41.7 Å². The van der Waals surface area contributed by atoms with E-state index in [2.05, 4.69) is 22.8 Å². The maximum absolute atomic E-state index is 13.3. The largest absolute Gasteiger partial charge is 0.494 e. The third kappa shape index (κ3) is 6.02. The summed E-state index contributed by atoms with van der Waals surface area (Å²) in [5, 5.41) is 6.84. The summed E-state index contributed by atoms with van der Waals surface area (Å²) in [7, 11) is 0. The summed E-state index contributed by atoms with van der Waals surface area (Å²) >= 11 is 0. The number of hydrogen-bond donors (Lipinski definition) is 3. The van der Waals surface area contributed by atoms with E-state index in [1.807, 2.05) is 47.4 Å². The van der Waals surface area contributed by atoms with Gasteiger partial charge >= 0.3 is 0 Å². The number of carbonyl (C=O) groups excluding carboxylic acids is 2. The highest BCUT2D eigenvalue weighted by Crippen LogP contribution is 2.42. The molecule has 0 saturated carbocycles. The van der Waals surface area contributed by atoms with Gasteiger partial charge in [-0.3, -0.25) is 9.59 Å². The molecule has 3 atom stereocenters. The molecule has 2 fully saturated rings. The Morgan fingerprint density at radius 1 is 1.15 bits per heavy atom. The number of nitrogens with zero attached hydrogens (tertiary/aromatic N) is 1. The molecule has 2 heterocycles. The van der Waals surface area contributed by atoms with Crippen molar-refractivity contribution < 1.29 is 14.3 Å². The average Bonchev–Trinajstić information content (AvgIpc) is 3.17. The van der Waals surface area contributed by atoms with E-state index < -0.39 is 0 Å². The molecule has 34 heavy (non-hydrogen) atoms. The normalized spacial score (nSPS) is 23.2. The molecule has 7 nitrogen and oxygen atoms in total. The SMILES string of the molecule is CC(=O)N[C@@]12CCN(C(=O)c3ccc(OCCCN)cc3)C[C@@H]1[C@@H](c1ccccc1)NC2.Cl.Cl. The first-order valence-electron chi connectivity index (χ1n) is 11.3. The van der Waals surface area contributed by atoms with E-state index in [1.54, 1.807) is 6.92 Å². The van der Waals surface area contributed by atoms with Crippen molar-refractivity contribution in [3.63, 3.8) is 0 Å². The second kappa shape index (κ2) is 12.4. The van der Waals surface area contributed by atoms with Gasteiger partial charge in [-0.15, -0.1) is 24.8 Å². The Kier molecular flexibility index (Phi) is 10.2. The topological polar surface area (TPSA) is 96.7 Å². The van der Waals surface area contributed by atoms with Crippen molar-refractivity contribution in [2.75, 3.05) is 32.8 Å². The van der Waals surface area contributed by atoms with Crippen molar-refractivity contribution in [3.05, 3.63) is 65.7 Å². The first-order valence-corrected chi connectivity index (χ1v) is 11.3. The molecule has 2 aromatic rings. The summed E-state index contributed by atoms with van der Waals surface area (Å²) in [6, 6.07) is 17.6. The van der Waals surface area contributed by atoms with Gasteiger partial charge in [0.1, 0.15) is 5.75 Å². The number of benzene rings is 2. The van der Waals surface area contributed by atoms with Crippen LogP contribution in [0.25, 0.3) is 0 Å². The molecule has 0 unspecified atom stereocenters. The van der Waals surface area contributed by atoms with Gasteiger partial charge in [-0.05, 0) is 49.2 Å². The van der Waals surface area contributed by atoms with Gasteiger partial charge in [0.25, 0.3) is 5.91 Å². The summed E-state index contributed by atoms with van der Waals surface area (Å²) in [6.45, 7) is 4.61. The lowest BCUT2D eigenvalue weighted by Gasteiger charge is -2.45. The fourth-order valence-electron chi connectivity index (χ4n) is 5.00. The zero-order chi connectivity index (χ0) is 22.6. The zero-order valence-electron chi connectivity index (χ0n) is 19.4. The van der Waals surface area contributed by atoms with Crippen LogP contribution < -0.4 is 21.1 Å². The predicted molar refractivity (Wildman–Crippen MR) is 138 cm³/mol. The minimum atomic E-state index is -0.343. The second-order valence-electron chi connectivity index (χ2n) is 8.73. The molecule has 0 aromatic heterocycles. The molecule has 2 saturated heterocycles. The van der Waals surface area contributed by atoms with E-state index in [9.17, 15) is 9.59 Å². The molecule has 0 spiro atoms. The van der Waals surface area contributed by atoms with Crippen molar-refractivity contribution in [2.24, 2.45) is 11.7 Å². The lowest BCUT2D eigenvalue weighted by Crippen LogP contribution is -2.61. The zero-order valence-corrected chi connectivity index (χ0v) is 21.0. The summed E-state index contributed by atoms with van der Waals surface area (Å²) in [4.78, 5) is 27.2. The van der Waals surface area contributed by atoms with E-state index in [1.165, 1.54) is 5.56 Å². The number of nitrogens with two attached hydrogens (primary N) is 1. The molecule has 2 amide bonds. The van der Waals surface area contributed by atoms with Crippen LogP contribution in [0.2, 0.25) is 0 Å². The number of likely N-dealkylation sites (tertiary alicyclic amines) is 1. The molecule has 0 radical (unpaired) electrons. The van der Waals surface area contributed by atoms with E-state index in [-0.39, 0.29) is 54.1 Å². The Morgan fingerprint density at radius 2 is 1.85 bits per heavy atom. The lowest BCUT2D eigenvalue weighted by atomic mass is 9.75. The first-order chi connectivity index (χ1) is 15.5. The highest BCUT2D eigenvalue weighted by molar-refractivity contribution is 5.94. The molecule has 2 aliphatic rings. The van der Waals surface area contributed by atoms with Crippen LogP contribution in [0.15, 0.2) is 54.6 Å². The van der Waals surface area contributed by atoms with Gasteiger partial charge in [0.15, 0.2) is 0 Å². The van der Waals surface area contributed by atoms with Gasteiger partial charge in [0, 0.05) is 44.1 Å². The summed E-state index contributed by atoms with van der Waals surface area (Å²) in [5.41, 5.74) is 6.98. The lowest BCUT2D eigenvalue weighted by molar-refractivity contribution is -0.121. The number of amides is 2.